The summed E-state index contributed by atoms with van der Waals surface area (Å²) >= 11 is 0. The molecule has 3 aromatic rings. The average molecular weight is 321 g/mol. The lowest BCUT2D eigenvalue weighted by atomic mass is 9.99. The number of amides is 2. The molecule has 2 N–H and O–H groups in total. The van der Waals surface area contributed by atoms with Crippen molar-refractivity contribution in [2.24, 2.45) is 0 Å². The van der Waals surface area contributed by atoms with Gasteiger partial charge in [-0.2, -0.15) is 0 Å². The number of hydrogen-bond acceptors (Lipinski definition) is 3. The largest absolute Gasteiger partial charge is 0.332 e. The van der Waals surface area contributed by atoms with E-state index in [9.17, 15) is 4.79 Å². The summed E-state index contributed by atoms with van der Waals surface area (Å²) in [6.45, 7) is 2.42. The van der Waals surface area contributed by atoms with Gasteiger partial charge < -0.3 is 10.6 Å². The Kier molecular flexibility index (Phi) is 3.45. The Bertz CT molecular complexity index is 876. The van der Waals surface area contributed by atoms with Gasteiger partial charge in [0, 0.05) is 11.7 Å². The summed E-state index contributed by atoms with van der Waals surface area (Å²) in [5, 5.41) is 14.2. The van der Waals surface area contributed by atoms with Gasteiger partial charge >= 0.3 is 6.03 Å². The fourth-order valence-electron chi connectivity index (χ4n) is 3.38. The fourth-order valence-corrected chi connectivity index (χ4v) is 3.38. The van der Waals surface area contributed by atoms with Crippen LogP contribution in [0.1, 0.15) is 23.9 Å². The van der Waals surface area contributed by atoms with Crippen molar-refractivity contribution in [1.82, 2.24) is 25.2 Å². The van der Waals surface area contributed by atoms with E-state index in [0.29, 0.717) is 12.4 Å². The summed E-state index contributed by atoms with van der Waals surface area (Å²) in [4.78, 5) is 12.3. The second kappa shape index (κ2) is 5.63. The lowest BCUT2D eigenvalue weighted by molar-refractivity contribution is 0.227. The van der Waals surface area contributed by atoms with Crippen molar-refractivity contribution in [3.8, 4) is 0 Å². The average Bonchev–Trinajstić information content (AvgIpc) is 3.12. The number of aromatic nitrogens is 3. The molecule has 0 atom stereocenters. The zero-order valence-electron chi connectivity index (χ0n) is 13.5. The number of hydrogen-bond donors (Lipinski definition) is 2. The zero-order valence-corrected chi connectivity index (χ0v) is 13.5. The van der Waals surface area contributed by atoms with E-state index in [1.54, 1.807) is 0 Å². The van der Waals surface area contributed by atoms with Crippen LogP contribution in [0.4, 0.5) is 4.79 Å². The van der Waals surface area contributed by atoms with Gasteiger partial charge in [0.1, 0.15) is 0 Å². The maximum absolute atomic E-state index is 12.3. The van der Waals surface area contributed by atoms with E-state index in [2.05, 4.69) is 39.9 Å². The number of pyridine rings is 1. The van der Waals surface area contributed by atoms with Gasteiger partial charge in [0.05, 0.1) is 6.54 Å². The lowest BCUT2D eigenvalue weighted by Crippen LogP contribution is -2.50. The van der Waals surface area contributed by atoms with Crippen LogP contribution in [0.3, 0.4) is 0 Å². The summed E-state index contributed by atoms with van der Waals surface area (Å²) in [6.07, 6.45) is 3.59. The molecule has 0 radical (unpaired) electrons. The van der Waals surface area contributed by atoms with Crippen molar-refractivity contribution in [3.63, 3.8) is 0 Å². The maximum atomic E-state index is 12.3. The predicted octanol–water partition coefficient (Wildman–Crippen LogP) is 2.09. The van der Waals surface area contributed by atoms with Crippen molar-refractivity contribution < 1.29 is 4.79 Å². The molecule has 6 heteroatoms. The highest BCUT2D eigenvalue weighted by Crippen LogP contribution is 2.29. The van der Waals surface area contributed by atoms with Gasteiger partial charge in [-0.15, -0.1) is 10.2 Å². The highest BCUT2D eigenvalue weighted by atomic mass is 16.2. The van der Waals surface area contributed by atoms with E-state index < -0.39 is 0 Å². The molecule has 2 amide bonds. The van der Waals surface area contributed by atoms with Crippen molar-refractivity contribution in [1.29, 1.82) is 0 Å². The number of urea groups is 1. The van der Waals surface area contributed by atoms with Crippen LogP contribution in [0.25, 0.3) is 5.65 Å². The Morgan fingerprint density at radius 2 is 1.83 bits per heavy atom. The van der Waals surface area contributed by atoms with Gasteiger partial charge in [0.15, 0.2) is 11.5 Å². The molecule has 2 aromatic heterocycles. The second-order valence-electron chi connectivity index (χ2n) is 6.54. The van der Waals surface area contributed by atoms with Crippen LogP contribution in [-0.4, -0.2) is 26.2 Å². The first-order chi connectivity index (χ1) is 11.6. The van der Waals surface area contributed by atoms with Crippen LogP contribution in [0.5, 0.6) is 0 Å². The van der Waals surface area contributed by atoms with E-state index in [0.717, 1.165) is 18.5 Å². The molecular weight excluding hydrogens is 302 g/mol. The third-order valence-electron chi connectivity index (χ3n) is 4.49. The van der Waals surface area contributed by atoms with Crippen LogP contribution in [0.15, 0.2) is 48.7 Å². The highest BCUT2D eigenvalue weighted by molar-refractivity contribution is 5.75. The smallest absolute Gasteiger partial charge is 0.315 e. The minimum absolute atomic E-state index is 0.182. The number of rotatable bonds is 3. The van der Waals surface area contributed by atoms with E-state index in [4.69, 9.17) is 0 Å². The summed E-state index contributed by atoms with van der Waals surface area (Å²) < 4.78 is 1.87. The topological polar surface area (TPSA) is 71.3 Å². The van der Waals surface area contributed by atoms with Gasteiger partial charge in [-0.3, -0.25) is 4.40 Å². The molecule has 6 nitrogen and oxygen atoms in total. The van der Waals surface area contributed by atoms with Crippen molar-refractivity contribution >= 4 is 11.7 Å². The summed E-state index contributed by atoms with van der Waals surface area (Å²) in [7, 11) is 0. The molecule has 0 saturated carbocycles. The van der Waals surface area contributed by atoms with E-state index >= 15 is 0 Å². The Balaban J connectivity index is 1.39. The van der Waals surface area contributed by atoms with Gasteiger partial charge in [0.25, 0.3) is 0 Å². The van der Waals surface area contributed by atoms with Crippen LogP contribution in [0, 0.1) is 0 Å². The molecule has 0 unspecified atom stereocenters. The van der Waals surface area contributed by atoms with Gasteiger partial charge in [0.2, 0.25) is 0 Å². The molecule has 0 bridgehead atoms. The number of fused-ring (bicyclic) bond motifs is 2. The summed E-state index contributed by atoms with van der Waals surface area (Å²) in [5.74, 6) is 0.709. The number of nitrogens with zero attached hydrogens (tertiary/aromatic N) is 3. The SMILES string of the molecule is CC1(NC(=O)NCc2nnc3ccccn23)Cc2ccccc2C1. The minimum atomic E-state index is -0.249. The Morgan fingerprint density at radius 3 is 2.58 bits per heavy atom. The third-order valence-corrected chi connectivity index (χ3v) is 4.49. The van der Waals surface area contributed by atoms with E-state index in [1.165, 1.54) is 11.1 Å². The Hall–Kier alpha value is -2.89. The summed E-state index contributed by atoms with van der Waals surface area (Å²) in [6, 6.07) is 13.9. The maximum Gasteiger partial charge on any atom is 0.315 e. The van der Waals surface area contributed by atoms with Gasteiger partial charge in [-0.25, -0.2) is 4.79 Å². The fraction of sp³-hybridized carbons (Fsp3) is 0.278. The first kappa shape index (κ1) is 14.7. The van der Waals surface area contributed by atoms with Crippen LogP contribution in [0.2, 0.25) is 0 Å². The predicted molar refractivity (Wildman–Crippen MR) is 90.6 cm³/mol. The molecule has 1 aliphatic rings. The number of benzene rings is 1. The standard InChI is InChI=1S/C18H19N5O/c1-18(10-13-6-2-3-7-14(13)11-18)20-17(24)19-12-16-22-21-15-8-4-5-9-23(15)16/h2-9H,10-12H2,1H3,(H2,19,20,24). The quantitative estimate of drug-likeness (QED) is 0.776. The first-order valence-electron chi connectivity index (χ1n) is 8.04. The molecule has 0 saturated heterocycles. The van der Waals surface area contributed by atoms with Crippen molar-refractivity contribution in [2.75, 3.05) is 0 Å². The highest BCUT2D eigenvalue weighted by Gasteiger charge is 2.33. The van der Waals surface area contributed by atoms with E-state index in [1.807, 2.05) is 40.9 Å². The molecule has 1 aromatic carbocycles. The normalized spacial score (nSPS) is 15.2. The van der Waals surface area contributed by atoms with Crippen LogP contribution < -0.4 is 10.6 Å². The molecular formula is C18H19N5O. The van der Waals surface area contributed by atoms with Crippen LogP contribution in [-0.2, 0) is 19.4 Å². The Morgan fingerprint density at radius 1 is 1.12 bits per heavy atom. The molecule has 24 heavy (non-hydrogen) atoms. The second-order valence-corrected chi connectivity index (χ2v) is 6.54. The van der Waals surface area contributed by atoms with Crippen molar-refractivity contribution in [3.05, 3.63) is 65.6 Å². The molecule has 0 fully saturated rings. The molecule has 1 aliphatic carbocycles. The van der Waals surface area contributed by atoms with Crippen molar-refractivity contribution in [2.45, 2.75) is 31.8 Å². The molecule has 4 rings (SSSR count). The van der Waals surface area contributed by atoms with Crippen LogP contribution >= 0.6 is 0 Å². The number of carbonyl (C=O) groups is 1. The first-order valence-corrected chi connectivity index (χ1v) is 8.04. The number of nitrogens with one attached hydrogen (secondary N) is 2. The van der Waals surface area contributed by atoms with Gasteiger partial charge in [-0.1, -0.05) is 30.3 Å². The molecule has 122 valence electrons. The Labute approximate surface area is 139 Å². The monoisotopic (exact) mass is 321 g/mol. The minimum Gasteiger partial charge on any atom is -0.332 e. The lowest BCUT2D eigenvalue weighted by Gasteiger charge is -2.25. The van der Waals surface area contributed by atoms with Gasteiger partial charge in [-0.05, 0) is 43.0 Å². The third kappa shape index (κ3) is 2.71. The summed E-state index contributed by atoms with van der Waals surface area (Å²) in [5.41, 5.74) is 3.14. The molecule has 2 heterocycles. The molecule has 0 aliphatic heterocycles. The van der Waals surface area contributed by atoms with E-state index in [-0.39, 0.29) is 11.6 Å². The molecule has 0 spiro atoms. The zero-order chi connectivity index (χ0) is 16.6. The number of carbonyl (C=O) groups excluding carboxylic acids is 1.